The maximum atomic E-state index is 12.8. The van der Waals surface area contributed by atoms with E-state index in [-0.39, 0.29) is 39.5 Å². The number of carbonyl (C=O) groups is 4. The van der Waals surface area contributed by atoms with E-state index in [2.05, 4.69) is 34.4 Å². The summed E-state index contributed by atoms with van der Waals surface area (Å²) >= 11 is 7.99. The highest BCUT2D eigenvalue weighted by molar-refractivity contribution is 9.10. The molecule has 3 amide bonds. The molecule has 112 heavy (non-hydrogen) atoms. The van der Waals surface area contributed by atoms with Crippen molar-refractivity contribution in [1.29, 1.82) is 0 Å². The number of nitrogens with zero attached hydrogens (tertiary/aromatic N) is 6. The molecule has 0 unspecified atom stereocenters. The van der Waals surface area contributed by atoms with Gasteiger partial charge in [-0.25, -0.2) is 9.59 Å². The highest BCUT2D eigenvalue weighted by atomic mass is 79.9. The first-order valence-corrected chi connectivity index (χ1v) is 36.1. The number of nitrogens with one attached hydrogen (secondary N) is 1. The zero-order chi connectivity index (χ0) is 83.1. The number of pyridine rings is 4. The number of carbonyl (C=O) groups excluding carboxylic acids is 4. The average molecular weight is 1610 g/mol. The second kappa shape index (κ2) is 40.2. The second-order valence-corrected chi connectivity index (χ2v) is 28.2. The molecule has 0 aliphatic rings. The zero-order valence-corrected chi connectivity index (χ0v) is 68.2. The Bertz CT molecular complexity index is 5260. The molecular weight excluding hydrogens is 1520 g/mol. The summed E-state index contributed by atoms with van der Waals surface area (Å²) in [6.07, 6.45) is 9.22. The van der Waals surface area contributed by atoms with Gasteiger partial charge in [-0.1, -0.05) is 27.0 Å². The molecule has 0 radical (unpaired) electrons. The molecule has 0 fully saturated rings. The van der Waals surface area contributed by atoms with Crippen molar-refractivity contribution in [2.45, 2.75) is 79.4 Å². The van der Waals surface area contributed by atoms with E-state index in [9.17, 15) is 38.4 Å². The summed E-state index contributed by atoms with van der Waals surface area (Å²) in [4.78, 5) is 97.3. The van der Waals surface area contributed by atoms with E-state index in [1.807, 2.05) is 92.7 Å². The minimum atomic E-state index is -0.693. The number of nitrogens with two attached hydrogens (primary N) is 2. The van der Waals surface area contributed by atoms with Gasteiger partial charge in [0.15, 0.2) is 0 Å². The predicted octanol–water partition coefficient (Wildman–Crippen LogP) is 16.8. The van der Waals surface area contributed by atoms with Crippen molar-refractivity contribution >= 4 is 79.3 Å². The lowest BCUT2D eigenvalue weighted by atomic mass is 10.0. The molecule has 0 spiro atoms. The third kappa shape index (κ3) is 25.5. The fourth-order valence-corrected chi connectivity index (χ4v) is 10.9. The molecular formula is C85H95BrClN9O16. The first-order valence-electron chi connectivity index (χ1n) is 34.9. The van der Waals surface area contributed by atoms with Crippen molar-refractivity contribution in [2.24, 2.45) is 28.2 Å². The summed E-state index contributed by atoms with van der Waals surface area (Å²) < 4.78 is 51.1. The van der Waals surface area contributed by atoms with Gasteiger partial charge in [0, 0.05) is 133 Å². The number of methoxy groups -OCH3 is 3. The lowest BCUT2D eigenvalue weighted by Crippen LogP contribution is -2.37. The standard InChI is InChI=1S/C25H29N3O5.C24H24N2O4.C21H22N2O3.C12H17BrN2O3.C3H3ClO/c1-25(2,3)33-24(30)28(5)21-13-16(15-27(4)23(21)29)20-14-17(26)7-12-22(20)32-19-10-8-18(31-6)9-11-19;1-5-16-13-17(15-26(3)24(16)28)21-14-18(25-23(27)6-2)7-12-22(21)30-20-10-8-19(29-4)9-11-20;1-4-14-11-15(13-23(2)21(14)24)19-12-16(22)5-10-20(19)26-18-8-6-17(25-3)7-9-18;1-12(2,3)18-11(17)15(5)9-6-8(13)7-14(4)10(9)16;1-2-3(4)5/h7-15H,26H2,1-6H3;6-15H,2,5H2,1,3-4H3,(H,25,27);5-13H,4,22H2,1-3H3;6-7H,1-5H3;2H,1H2. The van der Waals surface area contributed by atoms with Crippen LogP contribution in [-0.2, 0) is 60.1 Å². The molecule has 0 atom stereocenters. The van der Waals surface area contributed by atoms with Crippen molar-refractivity contribution in [3.8, 4) is 85.1 Å². The van der Waals surface area contributed by atoms with Crippen molar-refractivity contribution in [2.75, 3.05) is 62.0 Å². The normalized spacial score (nSPS) is 10.6. The fourth-order valence-electron chi connectivity index (χ4n) is 10.3. The molecule has 25 nitrogen and oxygen atoms in total. The number of rotatable bonds is 19. The Labute approximate surface area is 664 Å². The smallest absolute Gasteiger partial charge is 0.414 e. The molecule has 590 valence electrons. The van der Waals surface area contributed by atoms with Crippen LogP contribution < -0.4 is 77.2 Å². The van der Waals surface area contributed by atoms with Crippen molar-refractivity contribution in [3.05, 3.63) is 259 Å². The van der Waals surface area contributed by atoms with Crippen LogP contribution in [0.4, 0.5) is 38.0 Å². The van der Waals surface area contributed by atoms with Gasteiger partial charge in [-0.2, -0.15) is 0 Å². The Morgan fingerprint density at radius 3 is 1.11 bits per heavy atom. The molecule has 4 aromatic heterocycles. The molecule has 0 aliphatic heterocycles. The fraction of sp³-hybridized carbons (Fsp3) is 0.247. The summed E-state index contributed by atoms with van der Waals surface area (Å²) in [6, 6.07) is 44.9. The number of allylic oxidation sites excluding steroid dienone is 1. The molecule has 6 aromatic carbocycles. The summed E-state index contributed by atoms with van der Waals surface area (Å²) in [5.41, 5.74) is 18.4. The van der Waals surface area contributed by atoms with Crippen LogP contribution in [0, 0.1) is 0 Å². The number of hydrogen-bond acceptors (Lipinski definition) is 18. The number of hydrogen-bond donors (Lipinski definition) is 3. The lowest BCUT2D eigenvalue weighted by molar-refractivity contribution is -0.112. The molecule has 0 aliphatic carbocycles. The van der Waals surface area contributed by atoms with E-state index in [1.165, 1.54) is 39.1 Å². The molecule has 10 aromatic rings. The SMILES string of the molecule is C=CC(=O)Cl.C=CC(=O)Nc1ccc(Oc2ccc(OC)cc2)c(-c2cc(CC)c(=O)n(C)c2)c1.CCc1cc(-c2cc(N)ccc2Oc2ccc(OC)cc2)cn(C)c1=O.CN(C(=O)OC(C)(C)C)c1cc(Br)cn(C)c1=O.COc1ccc(Oc2ccc(N)cc2-c2cc(N(C)C(=O)OC(C)(C)C)c(=O)n(C)c2)cc1. The minimum absolute atomic E-state index is 0.0118. The highest BCUT2D eigenvalue weighted by Crippen LogP contribution is 2.40. The van der Waals surface area contributed by atoms with Crippen molar-refractivity contribution < 1.29 is 57.1 Å². The van der Waals surface area contributed by atoms with E-state index in [1.54, 1.807) is 198 Å². The number of benzene rings is 6. The Morgan fingerprint density at radius 2 is 0.777 bits per heavy atom. The van der Waals surface area contributed by atoms with Crippen LogP contribution in [0.15, 0.2) is 225 Å². The van der Waals surface area contributed by atoms with Gasteiger partial charge in [-0.15, -0.1) is 0 Å². The molecule has 4 heterocycles. The monoisotopic (exact) mass is 1610 g/mol. The molecule has 0 bridgehead atoms. The number of anilines is 5. The lowest BCUT2D eigenvalue weighted by Gasteiger charge is -2.25. The van der Waals surface area contributed by atoms with Crippen LogP contribution >= 0.6 is 27.5 Å². The number of aromatic nitrogens is 4. The Kier molecular flexibility index (Phi) is 31.7. The number of nitrogen functional groups attached to an aromatic ring is 2. The zero-order valence-electron chi connectivity index (χ0n) is 65.9. The van der Waals surface area contributed by atoms with Gasteiger partial charge >= 0.3 is 12.2 Å². The van der Waals surface area contributed by atoms with Gasteiger partial charge < -0.3 is 72.9 Å². The number of ether oxygens (including phenoxy) is 8. The van der Waals surface area contributed by atoms with E-state index in [0.29, 0.717) is 86.8 Å². The van der Waals surface area contributed by atoms with Crippen LogP contribution in [0.5, 0.6) is 51.7 Å². The summed E-state index contributed by atoms with van der Waals surface area (Å²) in [7, 11) is 14.6. The third-order valence-corrected chi connectivity index (χ3v) is 16.6. The topological polar surface area (TPSA) is 301 Å². The number of amides is 3. The van der Waals surface area contributed by atoms with Crippen molar-refractivity contribution in [1.82, 2.24) is 18.3 Å². The molecule has 5 N–H and O–H groups in total. The van der Waals surface area contributed by atoms with E-state index >= 15 is 0 Å². The van der Waals surface area contributed by atoms with Crippen LogP contribution in [-0.4, -0.2) is 88.2 Å². The third-order valence-electron chi connectivity index (χ3n) is 16.0. The average Bonchev–Trinajstić information content (AvgIpc) is 0.800. The van der Waals surface area contributed by atoms with E-state index in [4.69, 9.17) is 61.0 Å². The Hall–Kier alpha value is -12.6. The van der Waals surface area contributed by atoms with E-state index in [0.717, 1.165) is 49.9 Å². The molecule has 27 heteroatoms. The highest BCUT2D eigenvalue weighted by Gasteiger charge is 2.26. The molecule has 10 rings (SSSR count). The van der Waals surface area contributed by atoms with Gasteiger partial charge in [-0.3, -0.25) is 38.6 Å². The van der Waals surface area contributed by atoms with Crippen LogP contribution in [0.3, 0.4) is 0 Å². The first-order chi connectivity index (χ1) is 52.8. The number of halogens is 2. The summed E-state index contributed by atoms with van der Waals surface area (Å²) in [5.74, 6) is 5.65. The first kappa shape index (κ1) is 88.4. The Balaban J connectivity index is 0.000000232. The summed E-state index contributed by atoms with van der Waals surface area (Å²) in [5, 5.41) is 2.26. The molecule has 0 saturated heterocycles. The maximum Gasteiger partial charge on any atom is 0.414 e. The quantitative estimate of drug-likeness (QED) is 0.0385. The maximum absolute atomic E-state index is 12.8. The van der Waals surface area contributed by atoms with Gasteiger partial charge in [0.2, 0.25) is 11.1 Å². The van der Waals surface area contributed by atoms with Crippen LogP contribution in [0.1, 0.15) is 66.5 Å². The summed E-state index contributed by atoms with van der Waals surface area (Å²) in [6.45, 7) is 21.1. The van der Waals surface area contributed by atoms with Crippen LogP contribution in [0.2, 0.25) is 0 Å². The van der Waals surface area contributed by atoms with Gasteiger partial charge in [0.05, 0.1) is 21.3 Å². The van der Waals surface area contributed by atoms with Gasteiger partial charge in [0.1, 0.15) is 74.3 Å². The second-order valence-electron chi connectivity index (χ2n) is 26.9. The predicted molar refractivity (Wildman–Crippen MR) is 447 cm³/mol. The van der Waals surface area contributed by atoms with Crippen LogP contribution in [0.25, 0.3) is 33.4 Å². The van der Waals surface area contributed by atoms with Gasteiger partial charge in [-0.05, 0) is 246 Å². The minimum Gasteiger partial charge on any atom is -0.497 e. The Morgan fingerprint density at radius 1 is 0.464 bits per heavy atom. The largest absolute Gasteiger partial charge is 0.497 e. The van der Waals surface area contributed by atoms with Crippen molar-refractivity contribution in [3.63, 3.8) is 0 Å². The van der Waals surface area contributed by atoms with Gasteiger partial charge in [0.25, 0.3) is 22.2 Å². The van der Waals surface area contributed by atoms with E-state index < -0.39 is 28.6 Å². The number of aryl methyl sites for hydroxylation is 6. The molecule has 0 saturated carbocycles.